The zero-order chi connectivity index (χ0) is 21.3. The summed E-state index contributed by atoms with van der Waals surface area (Å²) in [5.74, 6) is -0.149. The van der Waals surface area contributed by atoms with Gasteiger partial charge in [0.25, 0.3) is 5.91 Å². The van der Waals surface area contributed by atoms with Crippen LogP contribution in [0.4, 0.5) is 0 Å². The fourth-order valence-corrected chi connectivity index (χ4v) is 3.65. The number of nitrogens with zero attached hydrogens (tertiary/aromatic N) is 3. The van der Waals surface area contributed by atoms with Crippen LogP contribution in [0, 0.1) is 13.8 Å². The van der Waals surface area contributed by atoms with Crippen molar-refractivity contribution in [3.05, 3.63) is 87.7 Å². The molecule has 4 aromatic rings. The summed E-state index contributed by atoms with van der Waals surface area (Å²) in [6, 6.07) is 17.5. The van der Waals surface area contributed by atoms with Gasteiger partial charge in [-0.3, -0.25) is 4.79 Å². The summed E-state index contributed by atoms with van der Waals surface area (Å²) < 4.78 is 1.81. The first-order chi connectivity index (χ1) is 14.5. The van der Waals surface area contributed by atoms with Crippen molar-refractivity contribution in [1.29, 1.82) is 0 Å². The first-order valence-electron chi connectivity index (χ1n) is 9.95. The first kappa shape index (κ1) is 20.1. The summed E-state index contributed by atoms with van der Waals surface area (Å²) in [6.07, 6.45) is 0.981. The van der Waals surface area contributed by atoms with E-state index in [9.17, 15) is 4.79 Å². The maximum atomic E-state index is 13.0. The van der Waals surface area contributed by atoms with Gasteiger partial charge < -0.3 is 5.32 Å². The van der Waals surface area contributed by atoms with E-state index in [1.54, 1.807) is 0 Å². The lowest BCUT2D eigenvalue weighted by atomic mass is 10.1. The maximum absolute atomic E-state index is 13.0. The van der Waals surface area contributed by atoms with Crippen molar-refractivity contribution in [2.45, 2.75) is 33.7 Å². The van der Waals surface area contributed by atoms with Gasteiger partial charge in [0.15, 0.2) is 5.65 Å². The van der Waals surface area contributed by atoms with Crippen LogP contribution in [-0.2, 0) is 13.0 Å². The van der Waals surface area contributed by atoms with Crippen molar-refractivity contribution in [3.8, 4) is 5.69 Å². The summed E-state index contributed by atoms with van der Waals surface area (Å²) in [4.78, 5) is 17.7. The lowest BCUT2D eigenvalue weighted by Gasteiger charge is -2.09. The average molecular weight is 419 g/mol. The van der Waals surface area contributed by atoms with Crippen LogP contribution >= 0.6 is 11.6 Å². The van der Waals surface area contributed by atoms with E-state index < -0.39 is 0 Å². The number of aryl methyl sites for hydroxylation is 3. The third-order valence-corrected chi connectivity index (χ3v) is 5.39. The van der Waals surface area contributed by atoms with E-state index in [1.807, 2.05) is 61.0 Å². The molecule has 4 rings (SSSR count). The van der Waals surface area contributed by atoms with Gasteiger partial charge in [-0.05, 0) is 61.7 Å². The van der Waals surface area contributed by atoms with Gasteiger partial charge in [-0.1, -0.05) is 42.8 Å². The Morgan fingerprint density at radius 1 is 1.03 bits per heavy atom. The van der Waals surface area contributed by atoms with Crippen molar-refractivity contribution in [2.75, 3.05) is 0 Å². The number of hydrogen-bond donors (Lipinski definition) is 1. The number of benzene rings is 2. The van der Waals surface area contributed by atoms with Gasteiger partial charge in [-0.15, -0.1) is 0 Å². The van der Waals surface area contributed by atoms with E-state index in [-0.39, 0.29) is 5.91 Å². The third-order valence-electron chi connectivity index (χ3n) is 5.14. The number of fused-ring (bicyclic) bond motifs is 1. The van der Waals surface area contributed by atoms with Crippen molar-refractivity contribution in [3.63, 3.8) is 0 Å². The standard InChI is InChI=1S/C24H23ClN4O/c1-4-17-7-11-20(12-8-17)29-23-22(16(3)28-29)21(13-15(2)27-23)24(30)26-14-18-5-9-19(25)10-6-18/h5-13H,4,14H2,1-3H3,(H,26,30). The first-order valence-corrected chi connectivity index (χ1v) is 10.3. The minimum Gasteiger partial charge on any atom is -0.348 e. The second kappa shape index (κ2) is 8.28. The van der Waals surface area contributed by atoms with Crippen molar-refractivity contribution >= 4 is 28.5 Å². The van der Waals surface area contributed by atoms with Crippen LogP contribution in [0.25, 0.3) is 16.7 Å². The van der Waals surface area contributed by atoms with Crippen molar-refractivity contribution in [1.82, 2.24) is 20.1 Å². The minimum atomic E-state index is -0.149. The van der Waals surface area contributed by atoms with Gasteiger partial charge in [-0.2, -0.15) is 5.10 Å². The number of aromatic nitrogens is 3. The molecule has 0 spiro atoms. The van der Waals surface area contributed by atoms with Gasteiger partial charge in [0, 0.05) is 17.3 Å². The molecule has 0 saturated carbocycles. The molecule has 0 radical (unpaired) electrons. The number of hydrogen-bond acceptors (Lipinski definition) is 3. The molecule has 0 aliphatic heterocycles. The quantitative estimate of drug-likeness (QED) is 0.485. The molecule has 0 saturated heterocycles. The Labute approximate surface area is 180 Å². The molecule has 1 amide bonds. The van der Waals surface area contributed by atoms with Gasteiger partial charge in [0.1, 0.15) is 0 Å². The predicted octanol–water partition coefficient (Wildman–Crippen LogP) is 5.18. The average Bonchev–Trinajstić information content (AvgIpc) is 3.08. The Hall–Kier alpha value is -3.18. The molecule has 0 atom stereocenters. The molecule has 152 valence electrons. The van der Waals surface area contributed by atoms with E-state index in [0.29, 0.717) is 22.8 Å². The monoisotopic (exact) mass is 418 g/mol. The molecule has 2 heterocycles. The second-order valence-corrected chi connectivity index (χ2v) is 7.77. The van der Waals surface area contributed by atoms with Crippen LogP contribution in [-0.4, -0.2) is 20.7 Å². The van der Waals surface area contributed by atoms with E-state index in [2.05, 4.69) is 29.5 Å². The number of nitrogens with one attached hydrogen (secondary N) is 1. The van der Waals surface area contributed by atoms with Gasteiger partial charge in [0.2, 0.25) is 0 Å². The van der Waals surface area contributed by atoms with E-state index in [1.165, 1.54) is 5.56 Å². The van der Waals surface area contributed by atoms with E-state index in [4.69, 9.17) is 16.6 Å². The van der Waals surface area contributed by atoms with Crippen LogP contribution in [0.2, 0.25) is 5.02 Å². The van der Waals surface area contributed by atoms with E-state index >= 15 is 0 Å². The maximum Gasteiger partial charge on any atom is 0.252 e. The highest BCUT2D eigenvalue weighted by molar-refractivity contribution is 6.30. The number of halogens is 1. The number of carbonyl (C=O) groups excluding carboxylic acids is 1. The zero-order valence-corrected chi connectivity index (χ0v) is 18.0. The highest BCUT2D eigenvalue weighted by Crippen LogP contribution is 2.25. The topological polar surface area (TPSA) is 59.8 Å². The smallest absolute Gasteiger partial charge is 0.252 e. The summed E-state index contributed by atoms with van der Waals surface area (Å²) in [5, 5.41) is 9.13. The summed E-state index contributed by atoms with van der Waals surface area (Å²) in [5.41, 5.74) is 5.99. The molecular weight excluding hydrogens is 396 g/mol. The molecule has 1 N–H and O–H groups in total. The second-order valence-electron chi connectivity index (χ2n) is 7.34. The SMILES string of the molecule is CCc1ccc(-n2nc(C)c3c(C(=O)NCc4ccc(Cl)cc4)cc(C)nc32)cc1. The lowest BCUT2D eigenvalue weighted by Crippen LogP contribution is -2.23. The Balaban J connectivity index is 1.70. The summed E-state index contributed by atoms with van der Waals surface area (Å²) in [6.45, 7) is 6.35. The molecule has 5 nitrogen and oxygen atoms in total. The van der Waals surface area contributed by atoms with Crippen LogP contribution in [0.3, 0.4) is 0 Å². The minimum absolute atomic E-state index is 0.149. The zero-order valence-electron chi connectivity index (χ0n) is 17.2. The Morgan fingerprint density at radius 3 is 2.37 bits per heavy atom. The number of amides is 1. The van der Waals surface area contributed by atoms with Crippen molar-refractivity contribution in [2.24, 2.45) is 0 Å². The van der Waals surface area contributed by atoms with Gasteiger partial charge in [0.05, 0.1) is 22.3 Å². The Kier molecular flexibility index (Phi) is 5.55. The van der Waals surface area contributed by atoms with Gasteiger partial charge in [-0.25, -0.2) is 9.67 Å². The van der Waals surface area contributed by atoms with Crippen LogP contribution in [0.1, 0.15) is 39.8 Å². The largest absolute Gasteiger partial charge is 0.348 e. The number of rotatable bonds is 5. The summed E-state index contributed by atoms with van der Waals surface area (Å²) >= 11 is 5.94. The Bertz CT molecular complexity index is 1210. The van der Waals surface area contributed by atoms with Crippen molar-refractivity contribution < 1.29 is 4.79 Å². The number of pyridine rings is 1. The summed E-state index contributed by atoms with van der Waals surface area (Å²) in [7, 11) is 0. The van der Waals surface area contributed by atoms with Crippen LogP contribution in [0.5, 0.6) is 0 Å². The Morgan fingerprint density at radius 2 is 1.70 bits per heavy atom. The fourth-order valence-electron chi connectivity index (χ4n) is 3.53. The molecule has 0 aliphatic rings. The third kappa shape index (κ3) is 3.94. The fraction of sp³-hybridized carbons (Fsp3) is 0.208. The molecule has 0 fully saturated rings. The molecule has 6 heteroatoms. The lowest BCUT2D eigenvalue weighted by molar-refractivity contribution is 0.0952. The van der Waals surface area contributed by atoms with Crippen LogP contribution in [0.15, 0.2) is 54.6 Å². The molecular formula is C24H23ClN4O. The molecule has 0 unspecified atom stereocenters. The molecule has 0 bridgehead atoms. The molecule has 0 aliphatic carbocycles. The molecule has 2 aromatic heterocycles. The van der Waals surface area contributed by atoms with Gasteiger partial charge >= 0.3 is 0 Å². The molecule has 2 aromatic carbocycles. The highest BCUT2D eigenvalue weighted by atomic mass is 35.5. The molecule has 30 heavy (non-hydrogen) atoms. The highest BCUT2D eigenvalue weighted by Gasteiger charge is 2.19. The van der Waals surface area contributed by atoms with Crippen LogP contribution < -0.4 is 5.32 Å². The normalized spacial score (nSPS) is 11.1. The van der Waals surface area contributed by atoms with E-state index in [0.717, 1.165) is 34.4 Å². The predicted molar refractivity (Wildman–Crippen MR) is 120 cm³/mol. The number of carbonyl (C=O) groups is 1.